The molecule has 1 aromatic rings. The molecule has 2 aliphatic heterocycles. The number of hydrogen-bond donors (Lipinski definition) is 0. The van der Waals surface area contributed by atoms with Crippen LogP contribution < -0.4 is 0 Å². The van der Waals surface area contributed by atoms with Crippen molar-refractivity contribution in [3.05, 3.63) is 35.9 Å². The Balaban J connectivity index is 1.65. The van der Waals surface area contributed by atoms with Crippen molar-refractivity contribution in [2.45, 2.75) is 76.2 Å². The van der Waals surface area contributed by atoms with Gasteiger partial charge >= 0.3 is 0 Å². The van der Waals surface area contributed by atoms with Gasteiger partial charge in [-0.1, -0.05) is 30.3 Å². The molecule has 2 heterocycles. The zero-order valence-electron chi connectivity index (χ0n) is 17.3. The number of hydrogen-bond acceptors (Lipinski definition) is 6. The van der Waals surface area contributed by atoms with Crippen molar-refractivity contribution in [1.29, 1.82) is 0 Å². The SMILES string of the molecule is O=CCCC(COC1CCCCO1)(COC1CCCCO1)OCc1ccccc1. The minimum absolute atomic E-state index is 0.217. The van der Waals surface area contributed by atoms with Crippen molar-refractivity contribution in [1.82, 2.24) is 0 Å². The van der Waals surface area contributed by atoms with Gasteiger partial charge in [0.2, 0.25) is 0 Å². The molecule has 0 N–H and O–H groups in total. The topological polar surface area (TPSA) is 63.2 Å². The van der Waals surface area contributed by atoms with E-state index >= 15 is 0 Å². The molecule has 1 aromatic carbocycles. The third kappa shape index (κ3) is 7.79. The molecule has 0 spiro atoms. The summed E-state index contributed by atoms with van der Waals surface area (Å²) >= 11 is 0. The van der Waals surface area contributed by atoms with Gasteiger partial charge in [-0.3, -0.25) is 0 Å². The summed E-state index contributed by atoms with van der Waals surface area (Å²) in [6, 6.07) is 10.0. The summed E-state index contributed by atoms with van der Waals surface area (Å²) in [6.45, 7) is 2.53. The van der Waals surface area contributed by atoms with Gasteiger partial charge in [0.05, 0.1) is 19.8 Å². The Kier molecular flexibility index (Phi) is 9.57. The van der Waals surface area contributed by atoms with Crippen molar-refractivity contribution >= 4 is 6.29 Å². The lowest BCUT2D eigenvalue weighted by molar-refractivity contribution is -0.240. The molecule has 2 saturated heterocycles. The van der Waals surface area contributed by atoms with Gasteiger partial charge in [-0.15, -0.1) is 0 Å². The molecule has 0 aliphatic carbocycles. The fourth-order valence-electron chi connectivity index (χ4n) is 3.65. The molecule has 0 radical (unpaired) electrons. The first-order chi connectivity index (χ1) is 14.3. The third-order valence-electron chi connectivity index (χ3n) is 5.45. The molecule has 2 fully saturated rings. The largest absolute Gasteiger partial charge is 0.365 e. The maximum absolute atomic E-state index is 11.2. The molecule has 2 unspecified atom stereocenters. The van der Waals surface area contributed by atoms with Gasteiger partial charge in [0.25, 0.3) is 0 Å². The quantitative estimate of drug-likeness (QED) is 0.489. The van der Waals surface area contributed by atoms with Crippen LogP contribution in [0.1, 0.15) is 56.9 Å². The van der Waals surface area contributed by atoms with E-state index in [9.17, 15) is 4.79 Å². The van der Waals surface area contributed by atoms with Crippen LogP contribution in [0, 0.1) is 0 Å². The van der Waals surface area contributed by atoms with Crippen molar-refractivity contribution in [3.63, 3.8) is 0 Å². The highest BCUT2D eigenvalue weighted by Gasteiger charge is 2.35. The Morgan fingerprint density at radius 3 is 2.07 bits per heavy atom. The molecule has 0 aromatic heterocycles. The van der Waals surface area contributed by atoms with Crippen molar-refractivity contribution in [2.75, 3.05) is 26.4 Å². The maximum Gasteiger partial charge on any atom is 0.157 e. The van der Waals surface area contributed by atoms with E-state index in [1.807, 2.05) is 30.3 Å². The lowest BCUT2D eigenvalue weighted by Crippen LogP contribution is -2.46. The monoisotopic (exact) mass is 406 g/mol. The first-order valence-corrected chi connectivity index (χ1v) is 10.9. The summed E-state index contributed by atoms with van der Waals surface area (Å²) in [6.07, 6.45) is 7.52. The van der Waals surface area contributed by atoms with E-state index in [2.05, 4.69) is 0 Å². The summed E-state index contributed by atoms with van der Waals surface area (Å²) < 4.78 is 30.0. The summed E-state index contributed by atoms with van der Waals surface area (Å²) in [4.78, 5) is 11.2. The van der Waals surface area contributed by atoms with E-state index in [0.29, 0.717) is 32.7 Å². The lowest BCUT2D eigenvalue weighted by Gasteiger charge is -2.36. The summed E-state index contributed by atoms with van der Waals surface area (Å²) in [5.74, 6) is 0. The molecule has 0 bridgehead atoms. The molecule has 0 amide bonds. The van der Waals surface area contributed by atoms with Gasteiger partial charge in [-0.25, -0.2) is 0 Å². The first kappa shape index (κ1) is 22.4. The second-order valence-electron chi connectivity index (χ2n) is 7.88. The molecule has 0 saturated carbocycles. The van der Waals surface area contributed by atoms with Gasteiger partial charge < -0.3 is 28.5 Å². The Morgan fingerprint density at radius 1 is 0.931 bits per heavy atom. The fourth-order valence-corrected chi connectivity index (χ4v) is 3.65. The van der Waals surface area contributed by atoms with Crippen molar-refractivity contribution in [3.8, 4) is 0 Å². The first-order valence-electron chi connectivity index (χ1n) is 10.9. The lowest BCUT2D eigenvalue weighted by atomic mass is 9.99. The van der Waals surface area contributed by atoms with Crippen LogP contribution in [-0.2, 0) is 35.1 Å². The van der Waals surface area contributed by atoms with E-state index in [0.717, 1.165) is 63.6 Å². The highest BCUT2D eigenvalue weighted by molar-refractivity contribution is 5.49. The summed E-state index contributed by atoms with van der Waals surface area (Å²) in [5.41, 5.74) is 0.351. The normalized spacial score (nSPS) is 24.7. The van der Waals surface area contributed by atoms with Crippen molar-refractivity contribution < 1.29 is 28.5 Å². The van der Waals surface area contributed by atoms with Crippen LogP contribution >= 0.6 is 0 Å². The maximum atomic E-state index is 11.2. The van der Waals surface area contributed by atoms with Gasteiger partial charge in [-0.05, 0) is 50.5 Å². The van der Waals surface area contributed by atoms with Crippen LogP contribution in [-0.4, -0.2) is 50.9 Å². The predicted octanol–water partition coefficient (Wildman–Crippen LogP) is 4.01. The molecular weight excluding hydrogens is 372 g/mol. The molecule has 162 valence electrons. The van der Waals surface area contributed by atoms with Crippen LogP contribution in [0.3, 0.4) is 0 Å². The minimum atomic E-state index is -0.724. The average Bonchev–Trinajstić information content (AvgIpc) is 2.80. The van der Waals surface area contributed by atoms with E-state index in [-0.39, 0.29) is 12.6 Å². The number of rotatable bonds is 12. The standard InChI is InChI=1S/C23H34O6/c24-14-8-13-23(18-27-21-11-4-6-15-25-21,19-28-22-12-5-7-16-26-22)29-17-20-9-2-1-3-10-20/h1-3,9-10,14,21-22H,4-8,11-13,15-19H2. The van der Waals surface area contributed by atoms with Crippen LogP contribution in [0.2, 0.25) is 0 Å². The number of ether oxygens (including phenoxy) is 5. The molecular formula is C23H34O6. The van der Waals surface area contributed by atoms with E-state index in [1.54, 1.807) is 0 Å². The van der Waals surface area contributed by atoms with Gasteiger partial charge in [0.15, 0.2) is 12.6 Å². The van der Waals surface area contributed by atoms with Crippen LogP contribution in [0.25, 0.3) is 0 Å². The highest BCUT2D eigenvalue weighted by Crippen LogP contribution is 2.26. The van der Waals surface area contributed by atoms with E-state index in [1.165, 1.54) is 0 Å². The Labute approximate surface area is 173 Å². The molecule has 2 aliphatic rings. The molecule has 3 rings (SSSR count). The number of benzene rings is 1. The molecule has 6 nitrogen and oxygen atoms in total. The Hall–Kier alpha value is -1.31. The minimum Gasteiger partial charge on any atom is -0.365 e. The predicted molar refractivity (Wildman–Crippen MR) is 108 cm³/mol. The Morgan fingerprint density at radius 2 is 1.55 bits per heavy atom. The van der Waals surface area contributed by atoms with Gasteiger partial charge in [0.1, 0.15) is 11.9 Å². The second kappa shape index (κ2) is 12.4. The van der Waals surface area contributed by atoms with Gasteiger partial charge in [0, 0.05) is 19.6 Å². The van der Waals surface area contributed by atoms with E-state index < -0.39 is 5.60 Å². The smallest absolute Gasteiger partial charge is 0.157 e. The number of carbonyl (C=O) groups is 1. The third-order valence-corrected chi connectivity index (χ3v) is 5.45. The van der Waals surface area contributed by atoms with Crippen LogP contribution in [0.4, 0.5) is 0 Å². The fraction of sp³-hybridized carbons (Fsp3) is 0.696. The molecule has 29 heavy (non-hydrogen) atoms. The number of aldehydes is 1. The Bertz CT molecular complexity index is 544. The second-order valence-corrected chi connectivity index (χ2v) is 7.88. The van der Waals surface area contributed by atoms with Crippen molar-refractivity contribution in [2.24, 2.45) is 0 Å². The zero-order valence-corrected chi connectivity index (χ0v) is 17.3. The van der Waals surface area contributed by atoms with E-state index in [4.69, 9.17) is 23.7 Å². The highest BCUT2D eigenvalue weighted by atomic mass is 16.7. The zero-order chi connectivity index (χ0) is 20.2. The summed E-state index contributed by atoms with van der Waals surface area (Å²) in [7, 11) is 0. The molecule has 6 heteroatoms. The van der Waals surface area contributed by atoms with Crippen LogP contribution in [0.5, 0.6) is 0 Å². The average molecular weight is 407 g/mol. The van der Waals surface area contributed by atoms with Gasteiger partial charge in [-0.2, -0.15) is 0 Å². The van der Waals surface area contributed by atoms with Crippen LogP contribution in [0.15, 0.2) is 30.3 Å². The number of carbonyl (C=O) groups excluding carboxylic acids is 1. The summed E-state index contributed by atoms with van der Waals surface area (Å²) in [5, 5.41) is 0. The molecule has 2 atom stereocenters.